The molecule has 0 saturated heterocycles. The van der Waals surface area contributed by atoms with Gasteiger partial charge in [-0.1, -0.05) is 18.2 Å². The van der Waals surface area contributed by atoms with Crippen LogP contribution in [0.2, 0.25) is 0 Å². The van der Waals surface area contributed by atoms with Gasteiger partial charge in [-0.05, 0) is 31.9 Å². The first kappa shape index (κ1) is 14.5. The highest BCUT2D eigenvalue weighted by atomic mass is 16.5. The number of hydrogen-bond acceptors (Lipinski definition) is 3. The second kappa shape index (κ2) is 7.01. The molecule has 100 valence electrons. The summed E-state index contributed by atoms with van der Waals surface area (Å²) in [4.78, 5) is 11.6. The molecule has 1 rings (SSSR count). The molecule has 1 atom stereocenters. The predicted molar refractivity (Wildman–Crippen MR) is 70.9 cm³/mol. The summed E-state index contributed by atoms with van der Waals surface area (Å²) < 4.78 is 10.5. The van der Waals surface area contributed by atoms with E-state index in [2.05, 4.69) is 5.32 Å². The molecule has 0 aliphatic rings. The van der Waals surface area contributed by atoms with Gasteiger partial charge in [0.05, 0.1) is 6.61 Å². The summed E-state index contributed by atoms with van der Waals surface area (Å²) >= 11 is 0. The number of para-hydroxylation sites is 1. The molecule has 0 saturated carbocycles. The molecule has 1 aromatic rings. The molecular formula is C14H21NO3. The van der Waals surface area contributed by atoms with Gasteiger partial charge in [-0.15, -0.1) is 0 Å². The van der Waals surface area contributed by atoms with Crippen molar-refractivity contribution in [2.45, 2.75) is 26.8 Å². The first-order valence-electron chi connectivity index (χ1n) is 6.02. The van der Waals surface area contributed by atoms with Gasteiger partial charge >= 0.3 is 0 Å². The molecular weight excluding hydrogens is 230 g/mol. The summed E-state index contributed by atoms with van der Waals surface area (Å²) in [7, 11) is 1.61. The maximum absolute atomic E-state index is 11.6. The number of ether oxygens (including phenoxy) is 2. The van der Waals surface area contributed by atoms with E-state index in [0.29, 0.717) is 6.61 Å². The van der Waals surface area contributed by atoms with E-state index >= 15 is 0 Å². The molecule has 4 heteroatoms. The molecule has 0 radical (unpaired) electrons. The molecule has 18 heavy (non-hydrogen) atoms. The van der Waals surface area contributed by atoms with Crippen LogP contribution in [0.15, 0.2) is 18.2 Å². The Hall–Kier alpha value is -1.55. The highest BCUT2D eigenvalue weighted by molar-refractivity contribution is 5.77. The third kappa shape index (κ3) is 4.37. The number of methoxy groups -OCH3 is 1. The zero-order valence-corrected chi connectivity index (χ0v) is 11.4. The fourth-order valence-corrected chi connectivity index (χ4v) is 1.77. The third-order valence-electron chi connectivity index (χ3n) is 2.58. The lowest BCUT2D eigenvalue weighted by molar-refractivity contribution is -0.124. The molecule has 0 aliphatic heterocycles. The van der Waals surface area contributed by atoms with Crippen LogP contribution in [0.5, 0.6) is 5.75 Å². The zero-order valence-electron chi connectivity index (χ0n) is 11.4. The van der Waals surface area contributed by atoms with Crippen molar-refractivity contribution in [1.82, 2.24) is 5.32 Å². The van der Waals surface area contributed by atoms with Crippen molar-refractivity contribution in [2.24, 2.45) is 0 Å². The third-order valence-corrected chi connectivity index (χ3v) is 2.58. The Bertz CT molecular complexity index is 384. The van der Waals surface area contributed by atoms with Gasteiger partial charge in [0, 0.05) is 13.2 Å². The molecule has 0 aromatic heterocycles. The van der Waals surface area contributed by atoms with Gasteiger partial charge < -0.3 is 14.8 Å². The Morgan fingerprint density at radius 2 is 1.94 bits per heavy atom. The molecule has 0 heterocycles. The maximum Gasteiger partial charge on any atom is 0.258 e. The van der Waals surface area contributed by atoms with E-state index in [9.17, 15) is 4.79 Å². The van der Waals surface area contributed by atoms with Gasteiger partial charge in [0.1, 0.15) is 5.75 Å². The summed E-state index contributed by atoms with van der Waals surface area (Å²) in [6.45, 7) is 6.34. The molecule has 0 spiro atoms. The lowest BCUT2D eigenvalue weighted by Crippen LogP contribution is -2.38. The maximum atomic E-state index is 11.6. The normalized spacial score (nSPS) is 12.0. The number of amides is 1. The number of carbonyl (C=O) groups is 1. The number of hydrogen-bond donors (Lipinski definition) is 1. The highest BCUT2D eigenvalue weighted by Crippen LogP contribution is 2.21. The van der Waals surface area contributed by atoms with Crippen LogP contribution in [0, 0.1) is 13.8 Å². The van der Waals surface area contributed by atoms with Gasteiger partial charge in [0.25, 0.3) is 5.91 Å². The molecule has 0 unspecified atom stereocenters. The van der Waals surface area contributed by atoms with Crippen molar-refractivity contribution < 1.29 is 14.3 Å². The van der Waals surface area contributed by atoms with Crippen LogP contribution in [-0.4, -0.2) is 32.3 Å². The first-order valence-corrected chi connectivity index (χ1v) is 6.02. The van der Waals surface area contributed by atoms with Crippen LogP contribution in [0.25, 0.3) is 0 Å². The van der Waals surface area contributed by atoms with Crippen LogP contribution in [0.4, 0.5) is 0 Å². The molecule has 1 aromatic carbocycles. The smallest absolute Gasteiger partial charge is 0.258 e. The monoisotopic (exact) mass is 251 g/mol. The van der Waals surface area contributed by atoms with Crippen LogP contribution >= 0.6 is 0 Å². The van der Waals surface area contributed by atoms with Crippen molar-refractivity contribution in [2.75, 3.05) is 20.3 Å². The van der Waals surface area contributed by atoms with Gasteiger partial charge in [-0.25, -0.2) is 0 Å². The minimum atomic E-state index is -0.137. The Morgan fingerprint density at radius 3 is 2.50 bits per heavy atom. The van der Waals surface area contributed by atoms with E-state index < -0.39 is 0 Å². The van der Waals surface area contributed by atoms with Crippen molar-refractivity contribution in [3.8, 4) is 5.75 Å². The topological polar surface area (TPSA) is 47.6 Å². The molecule has 0 bridgehead atoms. The number of aryl methyl sites for hydroxylation is 2. The van der Waals surface area contributed by atoms with Gasteiger partial charge in [0.2, 0.25) is 0 Å². The van der Waals surface area contributed by atoms with Crippen LogP contribution in [-0.2, 0) is 9.53 Å². The Labute approximate surface area is 108 Å². The average molecular weight is 251 g/mol. The largest absolute Gasteiger partial charge is 0.483 e. The molecule has 0 fully saturated rings. The molecule has 0 aliphatic carbocycles. The lowest BCUT2D eigenvalue weighted by atomic mass is 10.1. The SMILES string of the molecule is COC[C@H](C)NC(=O)COc1c(C)cccc1C. The van der Waals surface area contributed by atoms with E-state index in [1.54, 1.807) is 7.11 Å². The number of carbonyl (C=O) groups excluding carboxylic acids is 1. The van der Waals surface area contributed by atoms with Crippen molar-refractivity contribution in [1.29, 1.82) is 0 Å². The van der Waals surface area contributed by atoms with Crippen LogP contribution in [0.1, 0.15) is 18.1 Å². The Balaban J connectivity index is 2.48. The molecule has 1 amide bonds. The van der Waals surface area contributed by atoms with E-state index in [1.165, 1.54) is 0 Å². The van der Waals surface area contributed by atoms with Crippen molar-refractivity contribution in [3.05, 3.63) is 29.3 Å². The van der Waals surface area contributed by atoms with Gasteiger partial charge in [-0.3, -0.25) is 4.79 Å². The summed E-state index contributed by atoms with van der Waals surface area (Å²) in [5.74, 6) is 0.647. The number of nitrogens with one attached hydrogen (secondary N) is 1. The Morgan fingerprint density at radius 1 is 1.33 bits per heavy atom. The van der Waals surface area contributed by atoms with Crippen LogP contribution < -0.4 is 10.1 Å². The first-order chi connectivity index (χ1) is 8.54. The number of rotatable bonds is 6. The molecule has 1 N–H and O–H groups in total. The summed E-state index contributed by atoms with van der Waals surface area (Å²) in [5, 5.41) is 2.80. The fraction of sp³-hybridized carbons (Fsp3) is 0.500. The van der Waals surface area contributed by atoms with Crippen LogP contribution in [0.3, 0.4) is 0 Å². The Kier molecular flexibility index (Phi) is 5.65. The second-order valence-electron chi connectivity index (χ2n) is 4.43. The van der Waals surface area contributed by atoms with E-state index in [0.717, 1.165) is 16.9 Å². The zero-order chi connectivity index (χ0) is 13.5. The van der Waals surface area contributed by atoms with Crippen molar-refractivity contribution in [3.63, 3.8) is 0 Å². The quantitative estimate of drug-likeness (QED) is 0.839. The predicted octanol–water partition coefficient (Wildman–Crippen LogP) is 1.83. The minimum Gasteiger partial charge on any atom is -0.483 e. The van der Waals surface area contributed by atoms with E-state index in [4.69, 9.17) is 9.47 Å². The van der Waals surface area contributed by atoms with E-state index in [1.807, 2.05) is 39.0 Å². The fourth-order valence-electron chi connectivity index (χ4n) is 1.77. The summed E-state index contributed by atoms with van der Waals surface area (Å²) in [5.41, 5.74) is 2.07. The van der Waals surface area contributed by atoms with E-state index in [-0.39, 0.29) is 18.6 Å². The number of benzene rings is 1. The summed E-state index contributed by atoms with van der Waals surface area (Å²) in [6.07, 6.45) is 0. The highest BCUT2D eigenvalue weighted by Gasteiger charge is 2.09. The lowest BCUT2D eigenvalue weighted by Gasteiger charge is -2.15. The van der Waals surface area contributed by atoms with Crippen molar-refractivity contribution >= 4 is 5.91 Å². The minimum absolute atomic E-state index is 0.0101. The average Bonchev–Trinajstić information content (AvgIpc) is 2.28. The van der Waals surface area contributed by atoms with Gasteiger partial charge in [-0.2, -0.15) is 0 Å². The standard InChI is InChI=1S/C14H21NO3/c1-10-6-5-7-11(2)14(10)18-9-13(16)15-12(3)8-17-4/h5-7,12H,8-9H2,1-4H3,(H,15,16)/t12-/m0/s1. The second-order valence-corrected chi connectivity index (χ2v) is 4.43. The summed E-state index contributed by atoms with van der Waals surface area (Å²) in [6, 6.07) is 5.89. The van der Waals surface area contributed by atoms with Gasteiger partial charge in [0.15, 0.2) is 6.61 Å². The molecule has 4 nitrogen and oxygen atoms in total.